The molecule has 0 radical (unpaired) electrons. The molecule has 1 atom stereocenters. The van der Waals surface area contributed by atoms with E-state index in [4.69, 9.17) is 0 Å². The van der Waals surface area contributed by atoms with Crippen LogP contribution in [0.5, 0.6) is 0 Å². The van der Waals surface area contributed by atoms with Gasteiger partial charge in [0.05, 0.1) is 0 Å². The van der Waals surface area contributed by atoms with E-state index in [0.717, 1.165) is 6.42 Å². The molecular weight excluding hydrogens is 420 g/mol. The molecule has 0 aromatic heterocycles. The smallest absolute Gasteiger partial charge is 0.00899 e. The largest absolute Gasteiger partial charge is 0.0645 e. The Morgan fingerprint density at radius 2 is 0.914 bits per heavy atom. The van der Waals surface area contributed by atoms with Crippen molar-refractivity contribution in [2.24, 2.45) is 0 Å². The highest BCUT2D eigenvalue weighted by Crippen LogP contribution is 2.46. The molecule has 2 aromatic rings. The number of hydrogen-bond acceptors (Lipinski definition) is 0. The first-order chi connectivity index (χ1) is 15.5. The van der Waals surface area contributed by atoms with Crippen molar-refractivity contribution in [1.29, 1.82) is 0 Å². The molecule has 0 saturated carbocycles. The summed E-state index contributed by atoms with van der Waals surface area (Å²) in [6.45, 7) is 38.1. The summed E-state index contributed by atoms with van der Waals surface area (Å²) in [7, 11) is 0. The fourth-order valence-electron chi connectivity index (χ4n) is 5.81. The van der Waals surface area contributed by atoms with Crippen LogP contribution in [0.2, 0.25) is 0 Å². The van der Waals surface area contributed by atoms with E-state index in [1.165, 1.54) is 38.9 Å². The Bertz CT molecular complexity index is 993. The van der Waals surface area contributed by atoms with Gasteiger partial charge in [-0.3, -0.25) is 0 Å². The maximum Gasteiger partial charge on any atom is 0.00899 e. The van der Waals surface area contributed by atoms with Crippen LogP contribution in [0.3, 0.4) is 0 Å². The Morgan fingerprint density at radius 3 is 1.23 bits per heavy atom. The molecule has 0 N–H and O–H groups in total. The first kappa shape index (κ1) is 29.7. The molecule has 0 fully saturated rings. The van der Waals surface area contributed by atoms with Gasteiger partial charge in [-0.25, -0.2) is 0 Å². The molecule has 2 rings (SSSR count). The van der Waals surface area contributed by atoms with Gasteiger partial charge in [0.2, 0.25) is 0 Å². The van der Waals surface area contributed by atoms with Gasteiger partial charge in [0.25, 0.3) is 0 Å². The molecule has 0 aliphatic rings. The summed E-state index contributed by atoms with van der Waals surface area (Å²) in [5, 5.41) is 0. The summed E-state index contributed by atoms with van der Waals surface area (Å²) in [6, 6.07) is 12.2. The third-order valence-electron chi connectivity index (χ3n) is 7.37. The van der Waals surface area contributed by atoms with Crippen molar-refractivity contribution >= 4 is 0 Å². The monoisotopic (exact) mass is 476 g/mol. The molecule has 0 nitrogen and oxygen atoms in total. The first-order valence-electron chi connectivity index (χ1n) is 13.8. The summed E-state index contributed by atoms with van der Waals surface area (Å²) in [5.41, 5.74) is 11.0. The fourth-order valence-corrected chi connectivity index (χ4v) is 5.81. The lowest BCUT2D eigenvalue weighted by atomic mass is 9.66. The van der Waals surface area contributed by atoms with Crippen LogP contribution in [-0.4, -0.2) is 0 Å². The summed E-state index contributed by atoms with van der Waals surface area (Å²) in [4.78, 5) is 0. The standard InChI is InChI=1S/C35H56/c1-17-24(25-19-18-20-26(31(2,3)4)29(25)34(11,12)13)23-21-27(32(5,6)7)30(35(14,15)16)28(22-23)33(8,9)10/h18-22,24H,17H2,1-16H3. The van der Waals surface area contributed by atoms with Crippen molar-refractivity contribution < 1.29 is 0 Å². The Kier molecular flexibility index (Phi) is 7.96. The lowest BCUT2D eigenvalue weighted by Crippen LogP contribution is -2.29. The Balaban J connectivity index is 3.04. The zero-order valence-electron chi connectivity index (χ0n) is 26.2. The molecule has 0 heterocycles. The molecule has 0 spiro atoms. The molecule has 0 saturated heterocycles. The van der Waals surface area contributed by atoms with Crippen LogP contribution in [0, 0.1) is 0 Å². The Labute approximate surface area is 219 Å². The molecule has 196 valence electrons. The van der Waals surface area contributed by atoms with Gasteiger partial charge in [0.1, 0.15) is 0 Å². The van der Waals surface area contributed by atoms with Gasteiger partial charge < -0.3 is 0 Å². The molecule has 0 heteroatoms. The number of hydrogen-bond donors (Lipinski definition) is 0. The van der Waals surface area contributed by atoms with Crippen LogP contribution >= 0.6 is 0 Å². The van der Waals surface area contributed by atoms with Crippen molar-refractivity contribution in [2.45, 2.75) is 150 Å². The van der Waals surface area contributed by atoms with E-state index in [2.05, 4.69) is 141 Å². The third kappa shape index (κ3) is 6.42. The second-order valence-corrected chi connectivity index (χ2v) is 16.0. The topological polar surface area (TPSA) is 0 Å². The van der Waals surface area contributed by atoms with Crippen LogP contribution in [0.4, 0.5) is 0 Å². The second-order valence-electron chi connectivity index (χ2n) is 16.0. The summed E-state index contributed by atoms with van der Waals surface area (Å²) in [5.74, 6) is 0.378. The summed E-state index contributed by atoms with van der Waals surface area (Å²) in [6.07, 6.45) is 1.10. The molecule has 1 unspecified atom stereocenters. The lowest BCUT2D eigenvalue weighted by Gasteiger charge is -2.39. The van der Waals surface area contributed by atoms with Crippen molar-refractivity contribution in [1.82, 2.24) is 0 Å². The molecule has 0 bridgehead atoms. The zero-order valence-corrected chi connectivity index (χ0v) is 26.2. The fraction of sp³-hybridized carbons (Fsp3) is 0.657. The van der Waals surface area contributed by atoms with E-state index >= 15 is 0 Å². The van der Waals surface area contributed by atoms with Gasteiger partial charge >= 0.3 is 0 Å². The van der Waals surface area contributed by atoms with Gasteiger partial charge in [0.15, 0.2) is 0 Å². The molecule has 35 heavy (non-hydrogen) atoms. The Hall–Kier alpha value is -1.56. The van der Waals surface area contributed by atoms with Gasteiger partial charge in [-0.05, 0) is 72.4 Å². The van der Waals surface area contributed by atoms with E-state index in [9.17, 15) is 0 Å². The molecular formula is C35H56. The van der Waals surface area contributed by atoms with E-state index in [1.54, 1.807) is 0 Å². The highest BCUT2D eigenvalue weighted by Gasteiger charge is 2.35. The summed E-state index contributed by atoms with van der Waals surface area (Å²) < 4.78 is 0. The maximum atomic E-state index is 2.57. The van der Waals surface area contributed by atoms with Crippen LogP contribution in [0.1, 0.15) is 162 Å². The number of rotatable bonds is 3. The normalized spacial score (nSPS) is 14.9. The second kappa shape index (κ2) is 9.39. The highest BCUT2D eigenvalue weighted by atomic mass is 14.4. The highest BCUT2D eigenvalue weighted by molar-refractivity contribution is 5.54. The molecule has 2 aromatic carbocycles. The molecule has 0 amide bonds. The molecule has 0 aliphatic heterocycles. The SMILES string of the molecule is CCC(c1cc(C(C)(C)C)c(C(C)(C)C)c(C(C)(C)C)c1)c1cccc(C(C)(C)C)c1C(C)(C)C. The molecule has 0 aliphatic carbocycles. The van der Waals surface area contributed by atoms with E-state index in [0.29, 0.717) is 5.92 Å². The number of benzene rings is 2. The predicted octanol–water partition coefficient (Wildman–Crippen LogP) is 10.7. The van der Waals surface area contributed by atoms with Gasteiger partial charge in [-0.2, -0.15) is 0 Å². The van der Waals surface area contributed by atoms with E-state index in [1.807, 2.05) is 0 Å². The van der Waals surface area contributed by atoms with Crippen molar-refractivity contribution in [2.75, 3.05) is 0 Å². The minimum absolute atomic E-state index is 0.0804. The van der Waals surface area contributed by atoms with E-state index in [-0.39, 0.29) is 27.1 Å². The Morgan fingerprint density at radius 1 is 0.514 bits per heavy atom. The van der Waals surface area contributed by atoms with Gasteiger partial charge in [0, 0.05) is 5.92 Å². The van der Waals surface area contributed by atoms with Crippen LogP contribution in [0.15, 0.2) is 30.3 Å². The van der Waals surface area contributed by atoms with E-state index < -0.39 is 0 Å². The van der Waals surface area contributed by atoms with Gasteiger partial charge in [-0.15, -0.1) is 0 Å². The van der Waals surface area contributed by atoms with Crippen LogP contribution in [-0.2, 0) is 27.1 Å². The predicted molar refractivity (Wildman–Crippen MR) is 159 cm³/mol. The quantitative estimate of drug-likeness (QED) is 0.413. The average molecular weight is 477 g/mol. The van der Waals surface area contributed by atoms with Crippen molar-refractivity contribution in [3.05, 3.63) is 69.3 Å². The maximum absolute atomic E-state index is 2.57. The van der Waals surface area contributed by atoms with Crippen LogP contribution in [0.25, 0.3) is 0 Å². The van der Waals surface area contributed by atoms with Gasteiger partial charge in [-0.1, -0.05) is 141 Å². The average Bonchev–Trinajstić information content (AvgIpc) is 2.64. The summed E-state index contributed by atoms with van der Waals surface area (Å²) >= 11 is 0. The van der Waals surface area contributed by atoms with Crippen LogP contribution < -0.4 is 0 Å². The van der Waals surface area contributed by atoms with Crippen molar-refractivity contribution in [3.8, 4) is 0 Å². The lowest BCUT2D eigenvalue weighted by molar-refractivity contribution is 0.495. The van der Waals surface area contributed by atoms with Crippen molar-refractivity contribution in [3.63, 3.8) is 0 Å². The first-order valence-corrected chi connectivity index (χ1v) is 13.8. The minimum atomic E-state index is 0.0804. The minimum Gasteiger partial charge on any atom is -0.0645 e. The third-order valence-corrected chi connectivity index (χ3v) is 7.37. The zero-order chi connectivity index (χ0) is 27.4.